The van der Waals surface area contributed by atoms with Gasteiger partial charge < -0.3 is 9.80 Å². The van der Waals surface area contributed by atoms with Crippen LogP contribution in [-0.4, -0.2) is 40.7 Å². The second kappa shape index (κ2) is 7.64. The summed E-state index contributed by atoms with van der Waals surface area (Å²) < 4.78 is 1.19. The van der Waals surface area contributed by atoms with Crippen LogP contribution in [0.15, 0.2) is 53.9 Å². The molecule has 1 aliphatic rings. The standard InChI is InChI=1S/C24H26N2O2S/c1-17-7-9-18(10-8-17)16-25(3)23(28)24(2)12-13-26(24)22(27)15-19-5-4-6-21-20(19)11-14-29-21/h4-11,14H,12-13,15-16H2,1-3H3. The van der Waals surface area contributed by atoms with E-state index in [1.165, 1.54) is 10.3 Å². The van der Waals surface area contributed by atoms with Crippen molar-refractivity contribution in [1.82, 2.24) is 9.80 Å². The van der Waals surface area contributed by atoms with Gasteiger partial charge in [0.05, 0.1) is 6.42 Å². The average molecular weight is 407 g/mol. The van der Waals surface area contributed by atoms with E-state index in [1.807, 2.05) is 45.2 Å². The van der Waals surface area contributed by atoms with E-state index in [-0.39, 0.29) is 11.8 Å². The van der Waals surface area contributed by atoms with Crippen LogP contribution in [0.4, 0.5) is 0 Å². The zero-order valence-electron chi connectivity index (χ0n) is 17.1. The topological polar surface area (TPSA) is 40.6 Å². The van der Waals surface area contributed by atoms with Crippen molar-refractivity contribution in [3.8, 4) is 0 Å². The summed E-state index contributed by atoms with van der Waals surface area (Å²) in [6.07, 6.45) is 1.04. The number of carbonyl (C=O) groups excluding carboxylic acids is 2. The molecule has 1 saturated heterocycles. The predicted molar refractivity (Wildman–Crippen MR) is 118 cm³/mol. The molecule has 4 rings (SSSR count). The monoisotopic (exact) mass is 406 g/mol. The minimum absolute atomic E-state index is 0.00594. The first-order valence-electron chi connectivity index (χ1n) is 9.95. The summed E-state index contributed by atoms with van der Waals surface area (Å²) in [6, 6.07) is 16.4. The SMILES string of the molecule is Cc1ccc(CN(C)C(=O)C2(C)CCN2C(=O)Cc2cccc3sccc23)cc1. The molecule has 1 atom stereocenters. The molecule has 0 radical (unpaired) electrons. The van der Waals surface area contributed by atoms with Gasteiger partial charge in [0.2, 0.25) is 11.8 Å². The lowest BCUT2D eigenvalue weighted by Gasteiger charge is -2.50. The number of amides is 2. The van der Waals surface area contributed by atoms with Crippen LogP contribution < -0.4 is 0 Å². The van der Waals surface area contributed by atoms with Crippen molar-refractivity contribution < 1.29 is 9.59 Å². The van der Waals surface area contributed by atoms with E-state index in [0.717, 1.165) is 16.5 Å². The van der Waals surface area contributed by atoms with E-state index >= 15 is 0 Å². The van der Waals surface area contributed by atoms with Crippen LogP contribution in [0.5, 0.6) is 0 Å². The van der Waals surface area contributed by atoms with Gasteiger partial charge in [0, 0.05) is 24.8 Å². The van der Waals surface area contributed by atoms with E-state index in [0.29, 0.717) is 25.9 Å². The highest BCUT2D eigenvalue weighted by Crippen LogP contribution is 2.34. The molecule has 5 heteroatoms. The Morgan fingerprint density at radius 3 is 2.59 bits per heavy atom. The summed E-state index contributed by atoms with van der Waals surface area (Å²) in [5.41, 5.74) is 2.57. The first kappa shape index (κ1) is 19.6. The molecule has 0 bridgehead atoms. The zero-order valence-corrected chi connectivity index (χ0v) is 18.0. The molecule has 0 spiro atoms. The summed E-state index contributed by atoms with van der Waals surface area (Å²) in [7, 11) is 1.82. The minimum atomic E-state index is -0.751. The van der Waals surface area contributed by atoms with Gasteiger partial charge in [0.15, 0.2) is 0 Å². The Balaban J connectivity index is 1.46. The Bertz CT molecular complexity index is 1060. The number of hydrogen-bond acceptors (Lipinski definition) is 3. The highest BCUT2D eigenvalue weighted by molar-refractivity contribution is 7.17. The molecule has 1 fully saturated rings. The molecular weight excluding hydrogens is 380 g/mol. The molecule has 150 valence electrons. The van der Waals surface area contributed by atoms with Gasteiger partial charge >= 0.3 is 0 Å². The molecule has 0 N–H and O–H groups in total. The quantitative estimate of drug-likeness (QED) is 0.630. The van der Waals surface area contributed by atoms with Crippen LogP contribution in [0.25, 0.3) is 10.1 Å². The molecule has 3 aromatic rings. The van der Waals surface area contributed by atoms with Crippen molar-refractivity contribution in [1.29, 1.82) is 0 Å². The lowest BCUT2D eigenvalue weighted by molar-refractivity contribution is -0.163. The van der Waals surface area contributed by atoms with E-state index in [4.69, 9.17) is 0 Å². The van der Waals surface area contributed by atoms with Gasteiger partial charge in [0.25, 0.3) is 0 Å². The third-order valence-electron chi connectivity index (χ3n) is 5.99. The average Bonchev–Trinajstić information content (AvgIpc) is 3.17. The molecule has 1 unspecified atom stereocenters. The molecule has 0 saturated carbocycles. The second-order valence-electron chi connectivity index (χ2n) is 8.14. The highest BCUT2D eigenvalue weighted by Gasteiger charge is 2.50. The Morgan fingerprint density at radius 1 is 1.14 bits per heavy atom. The summed E-state index contributed by atoms with van der Waals surface area (Å²) in [5.74, 6) is 0.0287. The number of aryl methyl sites for hydroxylation is 1. The number of carbonyl (C=O) groups is 2. The summed E-state index contributed by atoms with van der Waals surface area (Å²) in [6.45, 7) is 5.13. The maximum atomic E-state index is 13.2. The van der Waals surface area contributed by atoms with Gasteiger partial charge in [-0.1, -0.05) is 42.0 Å². The largest absolute Gasteiger partial charge is 0.339 e. The van der Waals surface area contributed by atoms with E-state index in [1.54, 1.807) is 21.1 Å². The van der Waals surface area contributed by atoms with E-state index in [2.05, 4.69) is 29.6 Å². The summed E-state index contributed by atoms with van der Waals surface area (Å²) >= 11 is 1.68. The third kappa shape index (κ3) is 3.67. The maximum absolute atomic E-state index is 13.2. The first-order chi connectivity index (χ1) is 13.9. The lowest BCUT2D eigenvalue weighted by atomic mass is 9.84. The number of benzene rings is 2. The Labute approximate surface area is 175 Å². The number of likely N-dealkylation sites (tertiary alicyclic amines) is 1. The van der Waals surface area contributed by atoms with Gasteiger partial charge in [-0.25, -0.2) is 0 Å². The summed E-state index contributed by atoms with van der Waals surface area (Å²) in [4.78, 5) is 29.7. The Hall–Kier alpha value is -2.66. The molecule has 1 aliphatic heterocycles. The van der Waals surface area contributed by atoms with Crippen molar-refractivity contribution in [2.24, 2.45) is 0 Å². The third-order valence-corrected chi connectivity index (χ3v) is 6.88. The molecule has 1 aromatic heterocycles. The normalized spacial score (nSPS) is 18.5. The van der Waals surface area contributed by atoms with Crippen LogP contribution in [0.2, 0.25) is 0 Å². The number of nitrogens with zero attached hydrogens (tertiary/aromatic N) is 2. The van der Waals surface area contributed by atoms with Crippen LogP contribution in [-0.2, 0) is 22.6 Å². The fraction of sp³-hybridized carbons (Fsp3) is 0.333. The fourth-order valence-corrected chi connectivity index (χ4v) is 4.93. The van der Waals surface area contributed by atoms with Crippen molar-refractivity contribution in [3.63, 3.8) is 0 Å². The Kier molecular flexibility index (Phi) is 5.17. The first-order valence-corrected chi connectivity index (χ1v) is 10.8. The van der Waals surface area contributed by atoms with Crippen LogP contribution >= 0.6 is 11.3 Å². The molecule has 29 heavy (non-hydrogen) atoms. The minimum Gasteiger partial charge on any atom is -0.339 e. The molecular formula is C24H26N2O2S. The van der Waals surface area contributed by atoms with E-state index < -0.39 is 5.54 Å². The molecule has 2 heterocycles. The van der Waals surface area contributed by atoms with Crippen LogP contribution in [0.3, 0.4) is 0 Å². The Morgan fingerprint density at radius 2 is 1.90 bits per heavy atom. The van der Waals surface area contributed by atoms with Gasteiger partial charge in [-0.3, -0.25) is 9.59 Å². The van der Waals surface area contributed by atoms with Gasteiger partial charge in [-0.2, -0.15) is 0 Å². The van der Waals surface area contributed by atoms with Gasteiger partial charge in [-0.15, -0.1) is 11.3 Å². The van der Waals surface area contributed by atoms with E-state index in [9.17, 15) is 9.59 Å². The number of thiophene rings is 1. The molecule has 2 aromatic carbocycles. The van der Waals surface area contributed by atoms with Gasteiger partial charge in [0.1, 0.15) is 5.54 Å². The number of fused-ring (bicyclic) bond motifs is 1. The number of rotatable bonds is 5. The van der Waals surface area contributed by atoms with Crippen molar-refractivity contribution in [3.05, 3.63) is 70.6 Å². The smallest absolute Gasteiger partial charge is 0.248 e. The lowest BCUT2D eigenvalue weighted by Crippen LogP contribution is -2.67. The van der Waals surface area contributed by atoms with Crippen molar-refractivity contribution >= 4 is 33.2 Å². The fourth-order valence-electron chi connectivity index (χ4n) is 4.10. The predicted octanol–water partition coefficient (Wildman–Crippen LogP) is 4.40. The molecule has 2 amide bonds. The molecule has 4 nitrogen and oxygen atoms in total. The van der Waals surface area contributed by atoms with Crippen molar-refractivity contribution in [2.75, 3.05) is 13.6 Å². The van der Waals surface area contributed by atoms with Gasteiger partial charge in [-0.05, 0) is 54.3 Å². The zero-order chi connectivity index (χ0) is 20.6. The van der Waals surface area contributed by atoms with Crippen LogP contribution in [0, 0.1) is 6.92 Å². The number of hydrogen-bond donors (Lipinski definition) is 0. The maximum Gasteiger partial charge on any atom is 0.248 e. The highest BCUT2D eigenvalue weighted by atomic mass is 32.1. The number of likely N-dealkylation sites (N-methyl/N-ethyl adjacent to an activating group) is 1. The second-order valence-corrected chi connectivity index (χ2v) is 9.09. The van der Waals surface area contributed by atoms with Crippen LogP contribution in [0.1, 0.15) is 30.0 Å². The summed E-state index contributed by atoms with van der Waals surface area (Å²) in [5, 5.41) is 3.19. The van der Waals surface area contributed by atoms with Crippen molar-refractivity contribution in [2.45, 2.75) is 38.8 Å². The molecule has 0 aliphatic carbocycles.